The number of benzene rings is 3. The number of hydrogen-bond acceptors (Lipinski definition) is 3. The van der Waals surface area contributed by atoms with Gasteiger partial charge in [0.25, 0.3) is 8.32 Å². The van der Waals surface area contributed by atoms with Crippen molar-refractivity contribution >= 4 is 24.8 Å². The lowest BCUT2D eigenvalue weighted by Crippen LogP contribution is -2.65. The van der Waals surface area contributed by atoms with Crippen molar-refractivity contribution in [3.63, 3.8) is 0 Å². The van der Waals surface area contributed by atoms with E-state index in [1.807, 2.05) is 75.4 Å². The topological polar surface area (TPSA) is 58.6 Å². The maximum Gasteiger partial charge on any atom is 0.407 e. The largest absolute Gasteiger partial charge is 0.444 e. The van der Waals surface area contributed by atoms with Crippen LogP contribution in [0.25, 0.3) is 0 Å². The molecule has 3 aromatic rings. The smallest absolute Gasteiger partial charge is 0.407 e. The quantitative estimate of drug-likeness (QED) is 0.279. The molecule has 4 nitrogen and oxygen atoms in total. The number of amides is 1. The van der Waals surface area contributed by atoms with E-state index in [2.05, 4.69) is 62.5 Å². The maximum absolute atomic E-state index is 12.6. The van der Waals surface area contributed by atoms with E-state index in [0.29, 0.717) is 5.92 Å². The molecule has 0 radical (unpaired) electrons. The number of hydrogen-bond donors (Lipinski definition) is 2. The summed E-state index contributed by atoms with van der Waals surface area (Å²) in [5, 5.41) is 4.91. The molecular formula is C33H45NO3Si. The lowest BCUT2D eigenvalue weighted by atomic mass is 9.90. The summed E-state index contributed by atoms with van der Waals surface area (Å²) in [7, 11) is -3.04. The number of carbonyl (C=O) groups excluding carboxylic acids is 1. The average Bonchev–Trinajstić information content (AvgIpc) is 2.87. The maximum atomic E-state index is 12.6. The van der Waals surface area contributed by atoms with Crippen LogP contribution in [0.15, 0.2) is 91.0 Å². The van der Waals surface area contributed by atoms with E-state index >= 15 is 0 Å². The highest BCUT2D eigenvalue weighted by molar-refractivity contribution is 6.98. The van der Waals surface area contributed by atoms with Crippen LogP contribution in [0, 0.1) is 5.92 Å². The van der Waals surface area contributed by atoms with Crippen LogP contribution in [0.4, 0.5) is 4.79 Å². The van der Waals surface area contributed by atoms with Gasteiger partial charge in [0.1, 0.15) is 5.60 Å². The zero-order valence-electron chi connectivity index (χ0n) is 23.9. The minimum absolute atomic E-state index is 0.0373. The van der Waals surface area contributed by atoms with Crippen LogP contribution in [0.3, 0.4) is 0 Å². The van der Waals surface area contributed by atoms with Crippen LogP contribution in [-0.2, 0) is 11.2 Å². The molecule has 0 fully saturated rings. The summed E-state index contributed by atoms with van der Waals surface area (Å²) in [4.78, 5) is 25.1. The van der Waals surface area contributed by atoms with E-state index in [1.54, 1.807) is 0 Å². The van der Waals surface area contributed by atoms with Gasteiger partial charge in [-0.3, -0.25) is 0 Å². The van der Waals surface area contributed by atoms with Gasteiger partial charge in [-0.05, 0) is 66.9 Å². The van der Waals surface area contributed by atoms with Gasteiger partial charge >= 0.3 is 6.09 Å². The number of carbonyl (C=O) groups is 1. The fraction of sp³-hybridized carbons (Fsp3) is 0.424. The lowest BCUT2D eigenvalue weighted by molar-refractivity contribution is 0.0497. The number of ether oxygens (including phenoxy) is 1. The first-order valence-corrected chi connectivity index (χ1v) is 15.7. The molecule has 0 saturated heterocycles. The molecule has 3 rings (SSSR count). The Morgan fingerprint density at radius 1 is 0.842 bits per heavy atom. The Balaban J connectivity index is 1.75. The van der Waals surface area contributed by atoms with Crippen molar-refractivity contribution in [2.45, 2.75) is 83.9 Å². The van der Waals surface area contributed by atoms with Crippen LogP contribution in [0.2, 0.25) is 5.04 Å². The SMILES string of the molecule is C[C@H](CCC(C)(C)[Si](O)(c1ccccc1)c1ccccc1)C[C@H](Cc1ccccc1)NC(=O)OC(C)(C)C. The second-order valence-corrected chi connectivity index (χ2v) is 16.2. The third-order valence-electron chi connectivity index (χ3n) is 7.36. The predicted molar refractivity (Wildman–Crippen MR) is 160 cm³/mol. The normalized spacial score (nSPS) is 14.0. The Bertz CT molecular complexity index is 1090. The second kappa shape index (κ2) is 12.8. The molecule has 5 heteroatoms. The van der Waals surface area contributed by atoms with Crippen LogP contribution in [0.1, 0.15) is 66.4 Å². The van der Waals surface area contributed by atoms with E-state index < -0.39 is 13.9 Å². The molecule has 2 atom stereocenters. The van der Waals surface area contributed by atoms with Crippen molar-refractivity contribution in [2.75, 3.05) is 0 Å². The molecule has 0 aromatic heterocycles. The molecule has 38 heavy (non-hydrogen) atoms. The summed E-state index contributed by atoms with van der Waals surface area (Å²) in [5.74, 6) is 0.350. The lowest BCUT2D eigenvalue weighted by Gasteiger charge is -2.42. The highest BCUT2D eigenvalue weighted by Gasteiger charge is 2.49. The first-order chi connectivity index (χ1) is 17.9. The van der Waals surface area contributed by atoms with Gasteiger partial charge in [0, 0.05) is 6.04 Å². The minimum Gasteiger partial charge on any atom is -0.444 e. The van der Waals surface area contributed by atoms with Gasteiger partial charge in [-0.25, -0.2) is 4.79 Å². The van der Waals surface area contributed by atoms with Crippen LogP contribution in [-0.4, -0.2) is 30.8 Å². The Morgan fingerprint density at radius 2 is 1.32 bits per heavy atom. The summed E-state index contributed by atoms with van der Waals surface area (Å²) in [6.45, 7) is 12.3. The minimum atomic E-state index is -3.04. The van der Waals surface area contributed by atoms with Crippen molar-refractivity contribution < 1.29 is 14.3 Å². The molecule has 204 valence electrons. The molecule has 0 saturated carbocycles. The Kier molecular flexibility index (Phi) is 9.97. The van der Waals surface area contributed by atoms with E-state index in [9.17, 15) is 9.59 Å². The van der Waals surface area contributed by atoms with Crippen molar-refractivity contribution in [3.05, 3.63) is 96.6 Å². The summed E-state index contributed by atoms with van der Waals surface area (Å²) < 4.78 is 5.57. The molecule has 0 spiro atoms. The zero-order chi connectivity index (χ0) is 27.8. The van der Waals surface area contributed by atoms with E-state index in [-0.39, 0.29) is 17.2 Å². The Hall–Kier alpha value is -2.89. The predicted octanol–water partition coefficient (Wildman–Crippen LogP) is 6.46. The van der Waals surface area contributed by atoms with E-state index in [1.165, 1.54) is 5.56 Å². The van der Waals surface area contributed by atoms with Crippen LogP contribution < -0.4 is 15.7 Å². The number of nitrogens with one attached hydrogen (secondary N) is 1. The number of rotatable bonds is 11. The molecule has 0 aliphatic heterocycles. The van der Waals surface area contributed by atoms with Crippen LogP contribution in [0.5, 0.6) is 0 Å². The Morgan fingerprint density at radius 3 is 1.79 bits per heavy atom. The molecule has 2 N–H and O–H groups in total. The molecule has 1 amide bonds. The number of alkyl carbamates (subject to hydrolysis) is 1. The monoisotopic (exact) mass is 531 g/mol. The first kappa shape index (κ1) is 29.7. The van der Waals surface area contributed by atoms with Gasteiger partial charge in [0.2, 0.25) is 0 Å². The summed E-state index contributed by atoms with van der Waals surface area (Å²) in [6.07, 6.45) is 3.04. The molecule has 3 aromatic carbocycles. The van der Waals surface area contributed by atoms with Crippen LogP contribution >= 0.6 is 0 Å². The van der Waals surface area contributed by atoms with Crippen molar-refractivity contribution in [1.82, 2.24) is 5.32 Å². The fourth-order valence-electron chi connectivity index (χ4n) is 5.26. The first-order valence-electron chi connectivity index (χ1n) is 13.8. The van der Waals surface area contributed by atoms with Gasteiger partial charge in [0.15, 0.2) is 0 Å². The molecule has 0 unspecified atom stereocenters. The van der Waals surface area contributed by atoms with E-state index in [4.69, 9.17) is 4.74 Å². The third-order valence-corrected chi connectivity index (χ3v) is 11.9. The fourth-order valence-corrected chi connectivity index (χ4v) is 9.02. The standard InChI is InChI=1S/C33H45NO3Si/c1-26(24-28(25-27-16-10-7-11-17-27)34-31(35)37-32(2,3)4)22-23-33(5,6)38(36,29-18-12-8-13-19-29)30-20-14-9-15-21-30/h7-21,26,28,36H,22-25H2,1-6H3,(H,34,35)/t26-,28-/m1/s1. The van der Waals surface area contributed by atoms with Gasteiger partial charge in [-0.2, -0.15) is 0 Å². The molecule has 0 aliphatic rings. The average molecular weight is 532 g/mol. The Labute approximate surface area is 230 Å². The summed E-state index contributed by atoms with van der Waals surface area (Å²) >= 11 is 0. The highest BCUT2D eigenvalue weighted by Crippen LogP contribution is 2.41. The van der Waals surface area contributed by atoms with E-state index in [0.717, 1.165) is 36.1 Å². The van der Waals surface area contributed by atoms with Gasteiger partial charge in [-0.15, -0.1) is 0 Å². The summed E-state index contributed by atoms with van der Waals surface area (Å²) in [5.41, 5.74) is 0.650. The van der Waals surface area contributed by atoms with Gasteiger partial charge < -0.3 is 14.8 Å². The highest BCUT2D eigenvalue weighted by atomic mass is 28.4. The molecule has 0 heterocycles. The van der Waals surface area contributed by atoms with Crippen molar-refractivity contribution in [3.8, 4) is 0 Å². The van der Waals surface area contributed by atoms with Crippen molar-refractivity contribution in [1.29, 1.82) is 0 Å². The van der Waals surface area contributed by atoms with Crippen molar-refractivity contribution in [2.24, 2.45) is 5.92 Å². The van der Waals surface area contributed by atoms with Gasteiger partial charge in [-0.1, -0.05) is 118 Å². The summed E-state index contributed by atoms with van der Waals surface area (Å²) in [6, 6.07) is 30.6. The second-order valence-electron chi connectivity index (χ2n) is 12.2. The van der Waals surface area contributed by atoms with Gasteiger partial charge in [0.05, 0.1) is 0 Å². The zero-order valence-corrected chi connectivity index (χ0v) is 24.9. The molecular weight excluding hydrogens is 486 g/mol. The molecule has 0 bridgehead atoms. The molecule has 0 aliphatic carbocycles. The third kappa shape index (κ3) is 8.05.